The zero-order valence-electron chi connectivity index (χ0n) is 15.1. The molecular formula is C19H21FN2O4S. The topological polar surface area (TPSA) is 86.7 Å². The van der Waals surface area contributed by atoms with Gasteiger partial charge >= 0.3 is 0 Å². The van der Waals surface area contributed by atoms with Crippen LogP contribution in [0.5, 0.6) is 0 Å². The van der Waals surface area contributed by atoms with E-state index in [4.69, 9.17) is 0 Å². The van der Waals surface area contributed by atoms with Gasteiger partial charge in [0, 0.05) is 24.3 Å². The molecule has 0 unspecified atom stereocenters. The van der Waals surface area contributed by atoms with Crippen LogP contribution in [-0.4, -0.2) is 43.0 Å². The van der Waals surface area contributed by atoms with Gasteiger partial charge in [-0.05, 0) is 68.3 Å². The van der Waals surface area contributed by atoms with Crippen molar-refractivity contribution in [1.29, 1.82) is 0 Å². The molecule has 8 heteroatoms. The Morgan fingerprint density at radius 1 is 1.22 bits per heavy atom. The van der Waals surface area contributed by atoms with Gasteiger partial charge in [-0.3, -0.25) is 9.52 Å². The molecule has 27 heavy (non-hydrogen) atoms. The second-order valence-electron chi connectivity index (χ2n) is 7.07. The summed E-state index contributed by atoms with van der Waals surface area (Å²) in [4.78, 5) is 14.0. The standard InChI is InChI=1S/C19H21FN2O4S/c1-13-11-16(7-8-17(13)20)27(25,26)21-15-5-3-14(4-6-15)18(23)22-10-9-19(2,24)12-22/h3-8,11,21,24H,9-10,12H2,1-2H3/t19-/m0/s1. The molecule has 2 aromatic carbocycles. The molecule has 2 N–H and O–H groups in total. The molecule has 1 atom stereocenters. The Bertz CT molecular complexity index is 972. The summed E-state index contributed by atoms with van der Waals surface area (Å²) in [6, 6.07) is 9.62. The Kier molecular flexibility index (Phi) is 4.96. The number of carbonyl (C=O) groups excluding carboxylic acids is 1. The summed E-state index contributed by atoms with van der Waals surface area (Å²) in [6.45, 7) is 3.92. The number of rotatable bonds is 4. The molecule has 1 aliphatic heterocycles. The highest BCUT2D eigenvalue weighted by Gasteiger charge is 2.34. The number of nitrogens with one attached hydrogen (secondary N) is 1. The average Bonchev–Trinajstić information content (AvgIpc) is 2.97. The van der Waals surface area contributed by atoms with E-state index >= 15 is 0 Å². The number of aliphatic hydroxyl groups is 1. The lowest BCUT2D eigenvalue weighted by Gasteiger charge is -2.19. The molecule has 3 rings (SSSR count). The second-order valence-corrected chi connectivity index (χ2v) is 8.75. The molecule has 0 radical (unpaired) electrons. The number of amides is 1. The van der Waals surface area contributed by atoms with E-state index in [9.17, 15) is 22.7 Å². The largest absolute Gasteiger partial charge is 0.388 e. The smallest absolute Gasteiger partial charge is 0.261 e. The molecule has 0 bridgehead atoms. The summed E-state index contributed by atoms with van der Waals surface area (Å²) < 4.78 is 40.6. The molecule has 1 saturated heterocycles. The van der Waals surface area contributed by atoms with Crippen LogP contribution < -0.4 is 4.72 Å². The number of likely N-dealkylation sites (tertiary alicyclic amines) is 1. The van der Waals surface area contributed by atoms with Crippen LogP contribution in [0.4, 0.5) is 10.1 Å². The van der Waals surface area contributed by atoms with Crippen molar-refractivity contribution >= 4 is 21.6 Å². The number of sulfonamides is 1. The molecular weight excluding hydrogens is 371 g/mol. The highest BCUT2D eigenvalue weighted by Crippen LogP contribution is 2.23. The van der Waals surface area contributed by atoms with Gasteiger partial charge in [0.2, 0.25) is 0 Å². The second kappa shape index (κ2) is 6.94. The fraction of sp³-hybridized carbons (Fsp3) is 0.316. The van der Waals surface area contributed by atoms with Gasteiger partial charge in [-0.15, -0.1) is 0 Å². The highest BCUT2D eigenvalue weighted by molar-refractivity contribution is 7.92. The number of aryl methyl sites for hydroxylation is 1. The Morgan fingerprint density at radius 2 is 1.89 bits per heavy atom. The summed E-state index contributed by atoms with van der Waals surface area (Å²) >= 11 is 0. The third kappa shape index (κ3) is 4.28. The van der Waals surface area contributed by atoms with Crippen LogP contribution in [0.25, 0.3) is 0 Å². The van der Waals surface area contributed by atoms with Crippen LogP contribution in [0, 0.1) is 12.7 Å². The summed E-state index contributed by atoms with van der Waals surface area (Å²) in [5, 5.41) is 9.98. The van der Waals surface area contributed by atoms with Crippen molar-refractivity contribution < 1.29 is 22.7 Å². The summed E-state index contributed by atoms with van der Waals surface area (Å²) in [7, 11) is -3.86. The number of anilines is 1. The van der Waals surface area contributed by atoms with E-state index in [2.05, 4.69) is 4.72 Å². The molecule has 0 spiro atoms. The van der Waals surface area contributed by atoms with Crippen LogP contribution in [0.15, 0.2) is 47.4 Å². The fourth-order valence-electron chi connectivity index (χ4n) is 2.98. The van der Waals surface area contributed by atoms with Crippen molar-refractivity contribution in [2.75, 3.05) is 17.8 Å². The predicted molar refractivity (Wildman–Crippen MR) is 99.5 cm³/mol. The van der Waals surface area contributed by atoms with Crippen molar-refractivity contribution in [2.45, 2.75) is 30.8 Å². The first-order valence-corrected chi connectivity index (χ1v) is 9.96. The first kappa shape index (κ1) is 19.3. The Hall–Kier alpha value is -2.45. The fourth-order valence-corrected chi connectivity index (χ4v) is 4.12. The number of benzene rings is 2. The lowest BCUT2D eigenvalue weighted by Crippen LogP contribution is -2.33. The molecule has 0 saturated carbocycles. The van der Waals surface area contributed by atoms with E-state index in [0.29, 0.717) is 24.2 Å². The van der Waals surface area contributed by atoms with E-state index in [1.165, 1.54) is 43.3 Å². The first-order chi connectivity index (χ1) is 12.6. The summed E-state index contributed by atoms with van der Waals surface area (Å²) in [5.74, 6) is -0.686. The van der Waals surface area contributed by atoms with Crippen LogP contribution in [0.3, 0.4) is 0 Å². The molecule has 1 fully saturated rings. The Morgan fingerprint density at radius 3 is 2.44 bits per heavy atom. The van der Waals surface area contributed by atoms with Crippen molar-refractivity contribution in [3.05, 3.63) is 59.4 Å². The van der Waals surface area contributed by atoms with Gasteiger partial charge in [0.15, 0.2) is 0 Å². The van der Waals surface area contributed by atoms with E-state index < -0.39 is 21.4 Å². The van der Waals surface area contributed by atoms with Crippen molar-refractivity contribution in [1.82, 2.24) is 4.90 Å². The molecule has 1 heterocycles. The summed E-state index contributed by atoms with van der Waals surface area (Å²) in [5.41, 5.74) is 0.0638. The van der Waals surface area contributed by atoms with Crippen molar-refractivity contribution in [2.24, 2.45) is 0 Å². The minimum atomic E-state index is -3.86. The Labute approximate surface area is 157 Å². The van der Waals surface area contributed by atoms with E-state index in [1.54, 1.807) is 11.8 Å². The molecule has 144 valence electrons. The van der Waals surface area contributed by atoms with Gasteiger partial charge < -0.3 is 10.0 Å². The van der Waals surface area contributed by atoms with Crippen molar-refractivity contribution in [3.63, 3.8) is 0 Å². The number of hydrogen-bond donors (Lipinski definition) is 2. The molecule has 6 nitrogen and oxygen atoms in total. The SMILES string of the molecule is Cc1cc(S(=O)(=O)Nc2ccc(C(=O)N3CC[C@](C)(O)C3)cc2)ccc1F. The molecule has 1 amide bonds. The summed E-state index contributed by atoms with van der Waals surface area (Å²) in [6.07, 6.45) is 0.522. The van der Waals surface area contributed by atoms with Gasteiger partial charge in [0.05, 0.1) is 10.5 Å². The van der Waals surface area contributed by atoms with Gasteiger partial charge in [-0.25, -0.2) is 12.8 Å². The zero-order chi connectivity index (χ0) is 19.8. The first-order valence-electron chi connectivity index (χ1n) is 8.48. The van der Waals surface area contributed by atoms with Crippen LogP contribution in [-0.2, 0) is 10.0 Å². The average molecular weight is 392 g/mol. The molecule has 0 aromatic heterocycles. The highest BCUT2D eigenvalue weighted by atomic mass is 32.2. The lowest BCUT2D eigenvalue weighted by atomic mass is 10.1. The lowest BCUT2D eigenvalue weighted by molar-refractivity contribution is 0.0572. The van der Waals surface area contributed by atoms with Gasteiger partial charge in [-0.1, -0.05) is 0 Å². The maximum atomic E-state index is 13.3. The normalized spacial score (nSPS) is 19.9. The van der Waals surface area contributed by atoms with Gasteiger partial charge in [0.25, 0.3) is 15.9 Å². The van der Waals surface area contributed by atoms with Gasteiger partial charge in [-0.2, -0.15) is 0 Å². The number of halogens is 1. The maximum Gasteiger partial charge on any atom is 0.261 e. The third-order valence-electron chi connectivity index (χ3n) is 4.56. The maximum absolute atomic E-state index is 13.3. The number of β-amino-alcohol motifs (C(OH)–C–C–N with tert-alkyl or cyclic N) is 1. The number of hydrogen-bond acceptors (Lipinski definition) is 4. The minimum Gasteiger partial charge on any atom is -0.388 e. The third-order valence-corrected chi connectivity index (χ3v) is 5.94. The number of nitrogens with zero attached hydrogens (tertiary/aromatic N) is 1. The van der Waals surface area contributed by atoms with Crippen LogP contribution >= 0.6 is 0 Å². The van der Waals surface area contributed by atoms with E-state index in [-0.39, 0.29) is 22.9 Å². The molecule has 1 aliphatic rings. The quantitative estimate of drug-likeness (QED) is 0.837. The number of carbonyl (C=O) groups is 1. The van der Waals surface area contributed by atoms with E-state index in [0.717, 1.165) is 6.07 Å². The molecule has 2 aromatic rings. The zero-order valence-corrected chi connectivity index (χ0v) is 15.9. The monoisotopic (exact) mass is 392 g/mol. The van der Waals surface area contributed by atoms with E-state index in [1.807, 2.05) is 0 Å². The van der Waals surface area contributed by atoms with Gasteiger partial charge in [0.1, 0.15) is 5.82 Å². The van der Waals surface area contributed by atoms with Crippen LogP contribution in [0.1, 0.15) is 29.3 Å². The molecule has 0 aliphatic carbocycles. The van der Waals surface area contributed by atoms with Crippen molar-refractivity contribution in [3.8, 4) is 0 Å². The van der Waals surface area contributed by atoms with Crippen LogP contribution in [0.2, 0.25) is 0 Å². The minimum absolute atomic E-state index is 0.0409. The predicted octanol–water partition coefficient (Wildman–Crippen LogP) is 2.53. The Balaban J connectivity index is 1.73.